The number of thioether (sulfide) groups is 1. The van der Waals surface area contributed by atoms with E-state index in [0.717, 1.165) is 16.7 Å². The zero-order chi connectivity index (χ0) is 14.0. The molecule has 0 radical (unpaired) electrons. The van der Waals surface area contributed by atoms with Crippen LogP contribution in [-0.4, -0.2) is 14.8 Å². The van der Waals surface area contributed by atoms with Gasteiger partial charge in [0.05, 0.1) is 6.54 Å². The Morgan fingerprint density at radius 2 is 1.79 bits per heavy atom. The van der Waals surface area contributed by atoms with E-state index in [1.165, 1.54) is 22.3 Å². The normalized spacial score (nSPS) is 11.0. The number of nitrogens with zero attached hydrogens (tertiary/aromatic N) is 3. The van der Waals surface area contributed by atoms with Crippen molar-refractivity contribution in [1.29, 1.82) is 0 Å². The SMILES string of the molecule is Cc1cc(C)c(CSc2nnc(CN)n2C)c(C)c1. The molecule has 4 nitrogen and oxygen atoms in total. The highest BCUT2D eigenvalue weighted by Gasteiger charge is 2.10. The summed E-state index contributed by atoms with van der Waals surface area (Å²) in [4.78, 5) is 0. The number of benzene rings is 1. The minimum Gasteiger partial charge on any atom is -0.324 e. The monoisotopic (exact) mass is 276 g/mol. The maximum absolute atomic E-state index is 5.60. The summed E-state index contributed by atoms with van der Waals surface area (Å²) in [6.45, 7) is 6.88. The van der Waals surface area contributed by atoms with Crippen LogP contribution in [0.15, 0.2) is 17.3 Å². The molecule has 0 bridgehead atoms. The summed E-state index contributed by atoms with van der Waals surface area (Å²) in [5.74, 6) is 1.73. The zero-order valence-corrected chi connectivity index (χ0v) is 12.7. The van der Waals surface area contributed by atoms with Crippen LogP contribution < -0.4 is 5.73 Å². The molecule has 2 aromatic rings. The molecule has 5 heteroatoms. The first-order valence-corrected chi connectivity index (χ1v) is 7.29. The number of hydrogen-bond donors (Lipinski definition) is 1. The fraction of sp³-hybridized carbons (Fsp3) is 0.429. The van der Waals surface area contributed by atoms with Gasteiger partial charge in [-0.1, -0.05) is 29.5 Å². The van der Waals surface area contributed by atoms with Crippen LogP contribution in [0.3, 0.4) is 0 Å². The topological polar surface area (TPSA) is 56.7 Å². The van der Waals surface area contributed by atoms with Gasteiger partial charge in [0.25, 0.3) is 0 Å². The average molecular weight is 276 g/mol. The number of hydrogen-bond acceptors (Lipinski definition) is 4. The molecule has 0 saturated carbocycles. The van der Waals surface area contributed by atoms with Crippen molar-refractivity contribution in [3.63, 3.8) is 0 Å². The van der Waals surface area contributed by atoms with E-state index in [4.69, 9.17) is 5.73 Å². The minimum absolute atomic E-state index is 0.423. The van der Waals surface area contributed by atoms with Gasteiger partial charge < -0.3 is 10.3 Å². The molecule has 0 unspecified atom stereocenters. The molecule has 0 aliphatic carbocycles. The van der Waals surface area contributed by atoms with Gasteiger partial charge in [-0.05, 0) is 37.5 Å². The van der Waals surface area contributed by atoms with Crippen LogP contribution in [0.25, 0.3) is 0 Å². The van der Waals surface area contributed by atoms with Crippen molar-refractivity contribution in [3.8, 4) is 0 Å². The second-order valence-corrected chi connectivity index (χ2v) is 5.77. The molecule has 0 amide bonds. The summed E-state index contributed by atoms with van der Waals surface area (Å²) in [6, 6.07) is 4.45. The van der Waals surface area contributed by atoms with Crippen LogP contribution >= 0.6 is 11.8 Å². The van der Waals surface area contributed by atoms with Gasteiger partial charge in [-0.3, -0.25) is 0 Å². The van der Waals surface area contributed by atoms with Gasteiger partial charge in [0.2, 0.25) is 0 Å². The van der Waals surface area contributed by atoms with Crippen molar-refractivity contribution in [2.75, 3.05) is 0 Å². The van der Waals surface area contributed by atoms with Gasteiger partial charge in [0.1, 0.15) is 5.82 Å². The summed E-state index contributed by atoms with van der Waals surface area (Å²) in [5, 5.41) is 9.16. The zero-order valence-electron chi connectivity index (χ0n) is 11.9. The molecule has 2 N–H and O–H groups in total. The van der Waals surface area contributed by atoms with Crippen molar-refractivity contribution >= 4 is 11.8 Å². The van der Waals surface area contributed by atoms with E-state index in [2.05, 4.69) is 43.1 Å². The minimum atomic E-state index is 0.423. The maximum Gasteiger partial charge on any atom is 0.191 e. The lowest BCUT2D eigenvalue weighted by atomic mass is 10.0. The Morgan fingerprint density at radius 1 is 1.16 bits per heavy atom. The van der Waals surface area contributed by atoms with Crippen LogP contribution in [0.1, 0.15) is 28.1 Å². The molecule has 1 aromatic heterocycles. The summed E-state index contributed by atoms with van der Waals surface area (Å²) < 4.78 is 1.96. The fourth-order valence-electron chi connectivity index (χ4n) is 2.22. The molecule has 0 aliphatic rings. The average Bonchev–Trinajstić information content (AvgIpc) is 2.69. The molecule has 0 aliphatic heterocycles. The van der Waals surface area contributed by atoms with Gasteiger partial charge in [-0.15, -0.1) is 10.2 Å². The molecule has 19 heavy (non-hydrogen) atoms. The third-order valence-corrected chi connectivity index (χ3v) is 4.34. The second kappa shape index (κ2) is 5.75. The molecule has 1 heterocycles. The van der Waals surface area contributed by atoms with Crippen molar-refractivity contribution in [1.82, 2.24) is 14.8 Å². The Bertz CT molecular complexity index is 566. The number of nitrogens with two attached hydrogens (primary N) is 1. The van der Waals surface area contributed by atoms with Crippen molar-refractivity contribution in [3.05, 3.63) is 40.2 Å². The first-order chi connectivity index (χ1) is 9.02. The Kier molecular flexibility index (Phi) is 4.27. The number of aromatic nitrogens is 3. The van der Waals surface area contributed by atoms with Crippen molar-refractivity contribution < 1.29 is 0 Å². The summed E-state index contributed by atoms with van der Waals surface area (Å²) >= 11 is 1.70. The summed E-state index contributed by atoms with van der Waals surface area (Å²) in [7, 11) is 1.96. The highest BCUT2D eigenvalue weighted by atomic mass is 32.2. The lowest BCUT2D eigenvalue weighted by molar-refractivity contribution is 0.734. The molecule has 1 aromatic carbocycles. The van der Waals surface area contributed by atoms with E-state index in [-0.39, 0.29) is 0 Å². The van der Waals surface area contributed by atoms with Gasteiger partial charge in [-0.2, -0.15) is 0 Å². The third-order valence-electron chi connectivity index (χ3n) is 3.29. The number of aryl methyl sites for hydroxylation is 3. The van der Waals surface area contributed by atoms with Crippen LogP contribution in [0, 0.1) is 20.8 Å². The first-order valence-electron chi connectivity index (χ1n) is 6.30. The van der Waals surface area contributed by atoms with Gasteiger partial charge in [-0.25, -0.2) is 0 Å². The molecule has 0 saturated heterocycles. The summed E-state index contributed by atoms with van der Waals surface area (Å²) in [6.07, 6.45) is 0. The Labute approximate surface area is 118 Å². The number of rotatable bonds is 4. The van der Waals surface area contributed by atoms with Crippen LogP contribution in [0.4, 0.5) is 0 Å². The smallest absolute Gasteiger partial charge is 0.191 e. The molecule has 0 fully saturated rings. The van der Waals surface area contributed by atoms with Gasteiger partial charge in [0, 0.05) is 12.8 Å². The molecule has 102 valence electrons. The Morgan fingerprint density at radius 3 is 2.32 bits per heavy atom. The van der Waals surface area contributed by atoms with Crippen LogP contribution in [0.2, 0.25) is 0 Å². The Hall–Kier alpha value is -1.33. The molecular formula is C14H20N4S. The highest BCUT2D eigenvalue weighted by molar-refractivity contribution is 7.98. The van der Waals surface area contributed by atoms with E-state index in [9.17, 15) is 0 Å². The third kappa shape index (κ3) is 2.98. The van der Waals surface area contributed by atoms with E-state index in [1.807, 2.05) is 11.6 Å². The quantitative estimate of drug-likeness (QED) is 0.872. The van der Waals surface area contributed by atoms with Crippen molar-refractivity contribution in [2.24, 2.45) is 12.8 Å². The molecule has 0 atom stereocenters. The standard InChI is InChI=1S/C14H20N4S/c1-9-5-10(2)12(11(3)6-9)8-19-14-17-16-13(7-15)18(14)4/h5-6H,7-8,15H2,1-4H3. The van der Waals surface area contributed by atoms with E-state index in [1.54, 1.807) is 11.8 Å². The van der Waals surface area contributed by atoms with Crippen molar-refractivity contribution in [2.45, 2.75) is 38.2 Å². The van der Waals surface area contributed by atoms with E-state index in [0.29, 0.717) is 6.54 Å². The maximum atomic E-state index is 5.60. The van der Waals surface area contributed by atoms with E-state index < -0.39 is 0 Å². The predicted molar refractivity (Wildman–Crippen MR) is 79.1 cm³/mol. The molecular weight excluding hydrogens is 256 g/mol. The lowest BCUT2D eigenvalue weighted by Crippen LogP contribution is -2.05. The molecule has 2 rings (SSSR count). The second-order valence-electron chi connectivity index (χ2n) is 4.83. The van der Waals surface area contributed by atoms with Gasteiger partial charge >= 0.3 is 0 Å². The van der Waals surface area contributed by atoms with Gasteiger partial charge in [0.15, 0.2) is 5.16 Å². The van der Waals surface area contributed by atoms with Crippen LogP contribution in [0.5, 0.6) is 0 Å². The first kappa shape index (κ1) is 14.1. The lowest BCUT2D eigenvalue weighted by Gasteiger charge is -2.10. The predicted octanol–water partition coefficient (Wildman–Crippen LogP) is 2.49. The van der Waals surface area contributed by atoms with Crippen LogP contribution in [-0.2, 0) is 19.3 Å². The van der Waals surface area contributed by atoms with E-state index >= 15 is 0 Å². The molecule has 0 spiro atoms. The summed E-state index contributed by atoms with van der Waals surface area (Å²) in [5.41, 5.74) is 11.0. The fourth-order valence-corrected chi connectivity index (χ4v) is 3.35. The highest BCUT2D eigenvalue weighted by Crippen LogP contribution is 2.26. The Balaban J connectivity index is 2.17. The largest absolute Gasteiger partial charge is 0.324 e.